The van der Waals surface area contributed by atoms with E-state index in [1.807, 2.05) is 6.92 Å². The number of anilines is 1. The smallest absolute Gasteiger partial charge is 0.269 e. The number of aromatic nitrogens is 3. The van der Waals surface area contributed by atoms with Crippen molar-refractivity contribution in [2.24, 2.45) is 0 Å². The van der Waals surface area contributed by atoms with Gasteiger partial charge in [0, 0.05) is 43.1 Å². The van der Waals surface area contributed by atoms with Gasteiger partial charge in [-0.2, -0.15) is 9.83 Å². The summed E-state index contributed by atoms with van der Waals surface area (Å²) in [6.45, 7) is 1.63. The average molecular weight is 519 g/mol. The van der Waals surface area contributed by atoms with Crippen molar-refractivity contribution in [1.29, 1.82) is 0 Å². The van der Waals surface area contributed by atoms with Gasteiger partial charge in [-0.1, -0.05) is 6.07 Å². The van der Waals surface area contributed by atoms with Crippen LogP contribution < -0.4 is 9.04 Å². The minimum Gasteiger partial charge on any atom is -0.619 e. The molecule has 2 aromatic heterocycles. The number of aryl methyl sites for hydroxylation is 1. The predicted octanol–water partition coefficient (Wildman–Crippen LogP) is 4.09. The van der Waals surface area contributed by atoms with Crippen LogP contribution >= 0.6 is 0 Å². The molecule has 0 bridgehead atoms. The number of benzene rings is 2. The van der Waals surface area contributed by atoms with Gasteiger partial charge in [-0.05, 0) is 42.8 Å². The SMILES string of the molecule is CCn1cc(-c2cc[n+]([O-])cc2)c(-c2cccc(N(COC)S(=O)(=O)c3cc(F)ccc3F)c2F)n1. The maximum atomic E-state index is 16.0. The van der Waals surface area contributed by atoms with Gasteiger partial charge in [-0.3, -0.25) is 4.68 Å². The number of methoxy groups -OCH3 is 1. The van der Waals surface area contributed by atoms with Gasteiger partial charge in [0.1, 0.15) is 29.0 Å². The Bertz CT molecular complexity index is 1510. The van der Waals surface area contributed by atoms with Gasteiger partial charge in [-0.15, -0.1) is 0 Å². The third-order valence-corrected chi connectivity index (χ3v) is 7.16. The lowest BCUT2D eigenvalue weighted by atomic mass is 10.0. The van der Waals surface area contributed by atoms with Crippen LogP contribution in [0.4, 0.5) is 18.9 Å². The molecule has 0 aliphatic carbocycles. The van der Waals surface area contributed by atoms with E-state index in [0.29, 0.717) is 38.8 Å². The standard InChI is InChI=1S/C24H21F3N4O4S/c1-3-29-14-19(16-9-11-30(32)12-10-16)24(28-29)18-5-4-6-21(23(18)27)31(15-35-2)36(33,34)22-13-17(25)7-8-20(22)26/h4-14H,3,15H2,1-2H3. The molecule has 188 valence electrons. The highest BCUT2D eigenvalue weighted by molar-refractivity contribution is 7.92. The zero-order valence-electron chi connectivity index (χ0n) is 19.2. The zero-order valence-corrected chi connectivity index (χ0v) is 20.0. The summed E-state index contributed by atoms with van der Waals surface area (Å²) in [5.41, 5.74) is 0.812. The Labute approximate surface area is 205 Å². The van der Waals surface area contributed by atoms with Crippen molar-refractivity contribution in [2.45, 2.75) is 18.4 Å². The molecule has 36 heavy (non-hydrogen) atoms. The minimum absolute atomic E-state index is 0.0374. The van der Waals surface area contributed by atoms with Gasteiger partial charge in [0.2, 0.25) is 0 Å². The van der Waals surface area contributed by atoms with E-state index in [1.165, 1.54) is 37.7 Å². The van der Waals surface area contributed by atoms with Crippen LogP contribution in [-0.4, -0.2) is 32.0 Å². The van der Waals surface area contributed by atoms with Crippen LogP contribution in [-0.2, 0) is 21.3 Å². The summed E-state index contributed by atoms with van der Waals surface area (Å²) in [4.78, 5) is -0.962. The van der Waals surface area contributed by atoms with Gasteiger partial charge < -0.3 is 9.94 Å². The fourth-order valence-electron chi connectivity index (χ4n) is 3.66. The molecule has 0 radical (unpaired) electrons. The molecule has 0 spiro atoms. The van der Waals surface area contributed by atoms with Gasteiger partial charge in [0.25, 0.3) is 10.0 Å². The number of halogens is 3. The second-order valence-electron chi connectivity index (χ2n) is 7.68. The molecular weight excluding hydrogens is 497 g/mol. The van der Waals surface area contributed by atoms with Crippen LogP contribution in [0.25, 0.3) is 22.4 Å². The Morgan fingerprint density at radius 2 is 1.81 bits per heavy atom. The van der Waals surface area contributed by atoms with Crippen LogP contribution in [0, 0.1) is 22.7 Å². The number of sulfonamides is 1. The molecule has 0 saturated carbocycles. The van der Waals surface area contributed by atoms with Crippen LogP contribution in [0.1, 0.15) is 6.92 Å². The molecular formula is C24H21F3N4O4S. The van der Waals surface area contributed by atoms with Crippen molar-refractivity contribution < 1.29 is 31.1 Å². The Kier molecular flexibility index (Phi) is 7.00. The van der Waals surface area contributed by atoms with Crippen LogP contribution in [0.15, 0.2) is 72.0 Å². The molecule has 0 saturated heterocycles. The van der Waals surface area contributed by atoms with E-state index < -0.39 is 44.8 Å². The van der Waals surface area contributed by atoms with Crippen molar-refractivity contribution in [3.63, 3.8) is 0 Å². The number of ether oxygens (including phenoxy) is 1. The van der Waals surface area contributed by atoms with Crippen molar-refractivity contribution in [1.82, 2.24) is 9.78 Å². The van der Waals surface area contributed by atoms with Crippen molar-refractivity contribution in [2.75, 3.05) is 18.1 Å². The minimum atomic E-state index is -4.77. The van der Waals surface area contributed by atoms with E-state index in [4.69, 9.17) is 4.74 Å². The second-order valence-corrected chi connectivity index (χ2v) is 9.51. The molecule has 2 heterocycles. The molecule has 0 aliphatic rings. The van der Waals surface area contributed by atoms with Crippen LogP contribution in [0.5, 0.6) is 0 Å². The van der Waals surface area contributed by atoms with E-state index >= 15 is 4.39 Å². The summed E-state index contributed by atoms with van der Waals surface area (Å²) in [6.07, 6.45) is 4.25. The number of hydrogen-bond donors (Lipinski definition) is 0. The summed E-state index contributed by atoms with van der Waals surface area (Å²) < 4.78 is 78.4. The fourth-order valence-corrected chi connectivity index (χ4v) is 5.12. The zero-order chi connectivity index (χ0) is 26.0. The second kappa shape index (κ2) is 9.99. The molecule has 4 aromatic rings. The van der Waals surface area contributed by atoms with Gasteiger partial charge in [0.15, 0.2) is 18.2 Å². The molecule has 12 heteroatoms. The summed E-state index contributed by atoms with van der Waals surface area (Å²) in [5.74, 6) is -3.14. The quantitative estimate of drug-likeness (QED) is 0.199. The lowest BCUT2D eigenvalue weighted by Crippen LogP contribution is -2.34. The average Bonchev–Trinajstić information content (AvgIpc) is 3.29. The normalized spacial score (nSPS) is 11.6. The van der Waals surface area contributed by atoms with Crippen molar-refractivity contribution >= 4 is 15.7 Å². The van der Waals surface area contributed by atoms with Gasteiger partial charge >= 0.3 is 0 Å². The Balaban J connectivity index is 1.89. The van der Waals surface area contributed by atoms with E-state index in [9.17, 15) is 22.4 Å². The third kappa shape index (κ3) is 4.64. The molecule has 0 atom stereocenters. The number of nitrogens with zero attached hydrogens (tertiary/aromatic N) is 4. The Morgan fingerprint density at radius 1 is 1.08 bits per heavy atom. The summed E-state index contributed by atoms with van der Waals surface area (Å²) in [5, 5.41) is 15.9. The van der Waals surface area contributed by atoms with Crippen molar-refractivity contribution in [3.05, 3.63) is 89.8 Å². The highest BCUT2D eigenvalue weighted by Crippen LogP contribution is 2.37. The highest BCUT2D eigenvalue weighted by Gasteiger charge is 2.32. The largest absolute Gasteiger partial charge is 0.619 e. The summed E-state index contributed by atoms with van der Waals surface area (Å²) in [6, 6.07) is 9.09. The number of pyridine rings is 1. The molecule has 0 amide bonds. The van der Waals surface area contributed by atoms with E-state index in [2.05, 4.69) is 5.10 Å². The first-order valence-corrected chi connectivity index (χ1v) is 12.1. The Morgan fingerprint density at radius 3 is 2.47 bits per heavy atom. The lowest BCUT2D eigenvalue weighted by Gasteiger charge is -2.25. The lowest BCUT2D eigenvalue weighted by molar-refractivity contribution is -0.605. The highest BCUT2D eigenvalue weighted by atomic mass is 32.2. The van der Waals surface area contributed by atoms with E-state index in [1.54, 1.807) is 23.0 Å². The fraction of sp³-hybridized carbons (Fsp3) is 0.167. The number of rotatable bonds is 8. The van der Waals surface area contributed by atoms with Crippen molar-refractivity contribution in [3.8, 4) is 22.4 Å². The summed E-state index contributed by atoms with van der Waals surface area (Å²) in [7, 11) is -3.58. The van der Waals surface area contributed by atoms with Gasteiger partial charge in [0.05, 0.1) is 5.69 Å². The van der Waals surface area contributed by atoms with Gasteiger partial charge in [-0.25, -0.2) is 25.9 Å². The molecule has 2 aromatic carbocycles. The summed E-state index contributed by atoms with van der Waals surface area (Å²) >= 11 is 0. The number of hydrogen-bond acceptors (Lipinski definition) is 5. The molecule has 0 aliphatic heterocycles. The molecule has 0 fully saturated rings. The van der Waals surface area contributed by atoms with E-state index in [-0.39, 0.29) is 11.3 Å². The molecule has 0 unspecified atom stereocenters. The maximum absolute atomic E-state index is 16.0. The maximum Gasteiger partial charge on any atom is 0.269 e. The predicted molar refractivity (Wildman–Crippen MR) is 126 cm³/mol. The first-order valence-electron chi connectivity index (χ1n) is 10.7. The first-order chi connectivity index (χ1) is 17.2. The Hall–Kier alpha value is -3.90. The monoisotopic (exact) mass is 518 g/mol. The molecule has 0 N–H and O–H groups in total. The van der Waals surface area contributed by atoms with Crippen LogP contribution in [0.2, 0.25) is 0 Å². The molecule has 8 nitrogen and oxygen atoms in total. The van der Waals surface area contributed by atoms with Crippen LogP contribution in [0.3, 0.4) is 0 Å². The third-order valence-electron chi connectivity index (χ3n) is 5.41. The topological polar surface area (TPSA) is 91.4 Å². The first kappa shape index (κ1) is 25.2. The molecule has 4 rings (SSSR count). The van der Waals surface area contributed by atoms with E-state index in [0.717, 1.165) is 6.07 Å².